The number of nitrogens with one attached hydrogen (secondary N) is 1. The Kier molecular flexibility index (Phi) is 1.84. The zero-order chi connectivity index (χ0) is 9.71. The number of amides is 1. The van der Waals surface area contributed by atoms with Crippen LogP contribution in [0.25, 0.3) is 0 Å². The predicted molar refractivity (Wildman–Crippen MR) is 52.9 cm³/mol. The molecule has 14 heavy (non-hydrogen) atoms. The highest BCUT2D eigenvalue weighted by atomic mass is 16.2. The molecule has 0 atom stereocenters. The summed E-state index contributed by atoms with van der Waals surface area (Å²) in [5.74, 6) is 8.75. The molecular weight excluding hydrogens is 176 g/mol. The molecule has 4 fully saturated rings. The van der Waals surface area contributed by atoms with Crippen LogP contribution < -0.4 is 11.3 Å². The number of hydrogen-bond donors (Lipinski definition) is 2. The lowest BCUT2D eigenvalue weighted by Crippen LogP contribution is -2.52. The van der Waals surface area contributed by atoms with E-state index in [-0.39, 0.29) is 11.8 Å². The van der Waals surface area contributed by atoms with E-state index in [1.165, 1.54) is 32.1 Å². The van der Waals surface area contributed by atoms with E-state index in [1.807, 2.05) is 0 Å². The normalized spacial score (nSPS) is 49.4. The first-order valence-corrected chi connectivity index (χ1v) is 5.78. The molecular formula is C11H18N2O. The minimum Gasteiger partial charge on any atom is -0.294 e. The minimum atomic E-state index is 0.0961. The van der Waals surface area contributed by atoms with Gasteiger partial charge in [0.25, 0.3) is 0 Å². The second-order valence-corrected chi connectivity index (χ2v) is 5.47. The fraction of sp³-hybridized carbons (Fsp3) is 0.909. The highest BCUT2D eigenvalue weighted by Crippen LogP contribution is 2.56. The largest absolute Gasteiger partial charge is 0.294 e. The molecule has 0 unspecified atom stereocenters. The molecule has 0 heterocycles. The third kappa shape index (κ3) is 1.11. The van der Waals surface area contributed by atoms with Gasteiger partial charge in [-0.3, -0.25) is 10.2 Å². The Labute approximate surface area is 84.4 Å². The Morgan fingerprint density at radius 3 is 1.93 bits per heavy atom. The zero-order valence-electron chi connectivity index (χ0n) is 8.41. The Balaban J connectivity index is 1.84. The third-order valence-corrected chi connectivity index (χ3v) is 4.67. The van der Waals surface area contributed by atoms with Crippen LogP contribution in [-0.4, -0.2) is 5.91 Å². The summed E-state index contributed by atoms with van der Waals surface area (Å²) in [7, 11) is 0. The second kappa shape index (κ2) is 2.96. The summed E-state index contributed by atoms with van der Waals surface area (Å²) < 4.78 is 0. The maximum atomic E-state index is 11.7. The summed E-state index contributed by atoms with van der Waals surface area (Å²) in [5.41, 5.74) is 2.35. The average molecular weight is 194 g/mol. The van der Waals surface area contributed by atoms with Gasteiger partial charge in [-0.1, -0.05) is 0 Å². The quantitative estimate of drug-likeness (QED) is 0.372. The molecule has 0 aromatic carbocycles. The van der Waals surface area contributed by atoms with Crippen molar-refractivity contribution < 1.29 is 4.79 Å². The van der Waals surface area contributed by atoms with Crippen LogP contribution in [0.15, 0.2) is 0 Å². The second-order valence-electron chi connectivity index (χ2n) is 5.47. The van der Waals surface area contributed by atoms with Gasteiger partial charge in [-0.05, 0) is 55.8 Å². The summed E-state index contributed by atoms with van der Waals surface area (Å²) in [4.78, 5) is 11.7. The third-order valence-electron chi connectivity index (χ3n) is 4.67. The molecule has 0 saturated heterocycles. The highest BCUT2D eigenvalue weighted by Gasteiger charge is 2.50. The maximum Gasteiger partial charge on any atom is 0.237 e. The van der Waals surface area contributed by atoms with Crippen molar-refractivity contribution in [2.24, 2.45) is 35.4 Å². The van der Waals surface area contributed by atoms with Crippen LogP contribution in [0.4, 0.5) is 0 Å². The SMILES string of the molecule is NNC(=O)C1C2CC3CC(C2)CC1C3. The van der Waals surface area contributed by atoms with Gasteiger partial charge < -0.3 is 0 Å². The first-order valence-electron chi connectivity index (χ1n) is 5.78. The molecule has 78 valence electrons. The van der Waals surface area contributed by atoms with Crippen molar-refractivity contribution >= 4 is 5.91 Å². The highest BCUT2D eigenvalue weighted by molar-refractivity contribution is 5.79. The first kappa shape index (κ1) is 8.72. The molecule has 0 aromatic heterocycles. The molecule has 4 rings (SSSR count). The average Bonchev–Trinajstić information content (AvgIpc) is 2.15. The molecule has 3 heteroatoms. The van der Waals surface area contributed by atoms with Gasteiger partial charge in [-0.25, -0.2) is 5.84 Å². The van der Waals surface area contributed by atoms with Crippen LogP contribution in [0.3, 0.4) is 0 Å². The van der Waals surface area contributed by atoms with Crippen molar-refractivity contribution in [2.45, 2.75) is 32.1 Å². The molecule has 0 radical (unpaired) electrons. The van der Waals surface area contributed by atoms with E-state index >= 15 is 0 Å². The Bertz CT molecular complexity index is 236. The van der Waals surface area contributed by atoms with Crippen LogP contribution in [0, 0.1) is 29.6 Å². The number of rotatable bonds is 1. The van der Waals surface area contributed by atoms with E-state index < -0.39 is 0 Å². The van der Waals surface area contributed by atoms with Crippen LogP contribution in [0.2, 0.25) is 0 Å². The molecule has 1 amide bonds. The molecule has 0 spiro atoms. The topological polar surface area (TPSA) is 55.1 Å². The summed E-state index contributed by atoms with van der Waals surface area (Å²) in [6.07, 6.45) is 6.57. The van der Waals surface area contributed by atoms with Crippen LogP contribution in [-0.2, 0) is 4.79 Å². The van der Waals surface area contributed by atoms with Gasteiger partial charge in [0.2, 0.25) is 5.91 Å². The fourth-order valence-corrected chi connectivity index (χ4v) is 4.45. The molecule has 4 saturated carbocycles. The van der Waals surface area contributed by atoms with E-state index in [0.29, 0.717) is 11.8 Å². The number of carbonyl (C=O) groups excluding carboxylic acids is 1. The van der Waals surface area contributed by atoms with Crippen LogP contribution in [0.1, 0.15) is 32.1 Å². The van der Waals surface area contributed by atoms with Gasteiger partial charge in [-0.2, -0.15) is 0 Å². The smallest absolute Gasteiger partial charge is 0.237 e. The lowest BCUT2D eigenvalue weighted by atomic mass is 9.52. The van der Waals surface area contributed by atoms with Crippen molar-refractivity contribution in [3.63, 3.8) is 0 Å². The van der Waals surface area contributed by atoms with Crippen LogP contribution >= 0.6 is 0 Å². The molecule has 4 aliphatic carbocycles. The molecule has 0 aliphatic heterocycles. The van der Waals surface area contributed by atoms with Gasteiger partial charge >= 0.3 is 0 Å². The van der Waals surface area contributed by atoms with E-state index in [9.17, 15) is 4.79 Å². The lowest BCUT2D eigenvalue weighted by molar-refractivity contribution is -0.138. The number of carbonyl (C=O) groups is 1. The standard InChI is InChI=1S/C11H18N2O/c12-13-11(14)10-8-2-6-1-7(4-8)5-9(10)3-6/h6-10H,1-5,12H2,(H,13,14). The van der Waals surface area contributed by atoms with Gasteiger partial charge in [-0.15, -0.1) is 0 Å². The first-order chi connectivity index (χ1) is 6.78. The van der Waals surface area contributed by atoms with Gasteiger partial charge in [0.15, 0.2) is 0 Å². The Hall–Kier alpha value is -0.570. The van der Waals surface area contributed by atoms with Gasteiger partial charge in [0.1, 0.15) is 0 Å². The lowest BCUT2D eigenvalue weighted by Gasteiger charge is -2.53. The van der Waals surface area contributed by atoms with Crippen molar-refractivity contribution in [1.82, 2.24) is 5.43 Å². The minimum absolute atomic E-state index is 0.0961. The fourth-order valence-electron chi connectivity index (χ4n) is 4.45. The van der Waals surface area contributed by atoms with E-state index in [1.54, 1.807) is 0 Å². The molecule has 3 nitrogen and oxygen atoms in total. The number of hydrazine groups is 1. The predicted octanol–water partition coefficient (Wildman–Crippen LogP) is 1.05. The molecule has 3 N–H and O–H groups in total. The van der Waals surface area contributed by atoms with Crippen molar-refractivity contribution in [3.05, 3.63) is 0 Å². The van der Waals surface area contributed by atoms with E-state index in [2.05, 4.69) is 5.43 Å². The van der Waals surface area contributed by atoms with Crippen molar-refractivity contribution in [2.75, 3.05) is 0 Å². The molecule has 4 bridgehead atoms. The monoisotopic (exact) mass is 194 g/mol. The summed E-state index contributed by atoms with van der Waals surface area (Å²) in [6.45, 7) is 0. The summed E-state index contributed by atoms with van der Waals surface area (Å²) >= 11 is 0. The summed E-state index contributed by atoms with van der Waals surface area (Å²) in [5, 5.41) is 0. The number of hydrogen-bond acceptors (Lipinski definition) is 2. The Morgan fingerprint density at radius 1 is 1.00 bits per heavy atom. The maximum absolute atomic E-state index is 11.7. The molecule has 4 aliphatic rings. The van der Waals surface area contributed by atoms with Gasteiger partial charge in [0, 0.05) is 5.92 Å². The zero-order valence-corrected chi connectivity index (χ0v) is 8.41. The Morgan fingerprint density at radius 2 is 1.50 bits per heavy atom. The van der Waals surface area contributed by atoms with Gasteiger partial charge in [0.05, 0.1) is 0 Å². The van der Waals surface area contributed by atoms with Crippen LogP contribution in [0.5, 0.6) is 0 Å². The van der Waals surface area contributed by atoms with Crippen molar-refractivity contribution in [1.29, 1.82) is 0 Å². The molecule has 0 aromatic rings. The van der Waals surface area contributed by atoms with E-state index in [4.69, 9.17) is 5.84 Å². The van der Waals surface area contributed by atoms with E-state index in [0.717, 1.165) is 11.8 Å². The number of nitrogens with two attached hydrogens (primary N) is 1. The summed E-state index contributed by atoms with van der Waals surface area (Å²) in [6, 6.07) is 0. The van der Waals surface area contributed by atoms with Crippen molar-refractivity contribution in [3.8, 4) is 0 Å².